The van der Waals surface area contributed by atoms with Gasteiger partial charge in [0, 0.05) is 12.2 Å². The molecule has 3 N–H and O–H groups in total. The molecule has 0 radical (unpaired) electrons. The van der Waals surface area contributed by atoms with Crippen molar-refractivity contribution in [2.24, 2.45) is 5.41 Å². The number of carbonyl (C=O) groups is 2. The molecule has 5 heteroatoms. The number of nitrogens with one attached hydrogen (secondary N) is 2. The monoisotopic (exact) mass is 250 g/mol. The summed E-state index contributed by atoms with van der Waals surface area (Å²) in [5.74, 6) is -1.23. The quantitative estimate of drug-likeness (QED) is 0.762. The van der Waals surface area contributed by atoms with Gasteiger partial charge < -0.3 is 15.4 Å². The van der Waals surface area contributed by atoms with E-state index in [0.717, 1.165) is 12.8 Å². The van der Waals surface area contributed by atoms with E-state index in [-0.39, 0.29) is 17.0 Å². The summed E-state index contributed by atoms with van der Waals surface area (Å²) in [7, 11) is 0. The number of aromatic carboxylic acids is 1. The lowest BCUT2D eigenvalue weighted by molar-refractivity contribution is 0.0690. The van der Waals surface area contributed by atoms with Crippen molar-refractivity contribution in [1.82, 2.24) is 10.3 Å². The zero-order valence-corrected chi connectivity index (χ0v) is 10.9. The summed E-state index contributed by atoms with van der Waals surface area (Å²) < 4.78 is 0. The highest BCUT2D eigenvalue weighted by atomic mass is 16.4. The van der Waals surface area contributed by atoms with Crippen LogP contribution in [0, 0.1) is 19.3 Å². The van der Waals surface area contributed by atoms with Crippen LogP contribution >= 0.6 is 0 Å². The van der Waals surface area contributed by atoms with Gasteiger partial charge in [0.2, 0.25) is 0 Å². The third-order valence-electron chi connectivity index (χ3n) is 3.66. The Morgan fingerprint density at radius 3 is 2.44 bits per heavy atom. The molecular formula is C13H18N2O3. The minimum atomic E-state index is -1.04. The van der Waals surface area contributed by atoms with E-state index < -0.39 is 5.97 Å². The lowest BCUT2D eigenvalue weighted by Crippen LogP contribution is -2.29. The summed E-state index contributed by atoms with van der Waals surface area (Å²) in [6.45, 7) is 6.15. The summed E-state index contributed by atoms with van der Waals surface area (Å²) in [6, 6.07) is 0. The maximum atomic E-state index is 12.1. The van der Waals surface area contributed by atoms with Crippen molar-refractivity contribution >= 4 is 11.9 Å². The fraction of sp³-hybridized carbons (Fsp3) is 0.538. The first kappa shape index (κ1) is 12.7. The van der Waals surface area contributed by atoms with Gasteiger partial charge in [-0.3, -0.25) is 4.79 Å². The molecule has 1 saturated carbocycles. The van der Waals surface area contributed by atoms with Crippen LogP contribution in [0.25, 0.3) is 0 Å². The van der Waals surface area contributed by atoms with E-state index in [1.165, 1.54) is 0 Å². The molecule has 5 nitrogen and oxygen atoms in total. The second kappa shape index (κ2) is 4.15. The zero-order chi connectivity index (χ0) is 13.5. The third kappa shape index (κ3) is 2.25. The highest BCUT2D eigenvalue weighted by Gasteiger charge is 2.37. The molecule has 2 rings (SSSR count). The molecule has 0 atom stereocenters. The number of hydrogen-bond donors (Lipinski definition) is 3. The normalized spacial score (nSPS) is 16.4. The maximum Gasteiger partial charge on any atom is 0.352 e. The van der Waals surface area contributed by atoms with Gasteiger partial charge >= 0.3 is 5.97 Å². The Bertz CT molecular complexity index is 513. The molecule has 18 heavy (non-hydrogen) atoms. The van der Waals surface area contributed by atoms with Crippen molar-refractivity contribution in [2.45, 2.75) is 33.6 Å². The number of aromatic amines is 1. The number of amides is 1. The number of H-pyrrole nitrogens is 1. The van der Waals surface area contributed by atoms with Crippen LogP contribution in [-0.2, 0) is 0 Å². The second-order valence-electron chi connectivity index (χ2n) is 5.42. The first-order chi connectivity index (χ1) is 8.34. The number of rotatable bonds is 4. The molecule has 0 bridgehead atoms. The SMILES string of the molecule is Cc1[nH]c(C(=O)O)c(C)c1C(=O)NCC1(C)CC1. The zero-order valence-electron chi connectivity index (χ0n) is 10.9. The van der Waals surface area contributed by atoms with E-state index >= 15 is 0 Å². The molecule has 1 aliphatic rings. The Balaban J connectivity index is 2.16. The van der Waals surface area contributed by atoms with Gasteiger partial charge in [-0.05, 0) is 37.7 Å². The summed E-state index contributed by atoms with van der Waals surface area (Å²) in [6.07, 6.45) is 2.28. The van der Waals surface area contributed by atoms with Gasteiger partial charge in [-0.15, -0.1) is 0 Å². The average Bonchev–Trinajstić information content (AvgIpc) is 2.94. The maximum absolute atomic E-state index is 12.1. The van der Waals surface area contributed by atoms with E-state index in [4.69, 9.17) is 5.11 Å². The molecule has 1 aromatic rings. The number of carboxylic acids is 1. The largest absolute Gasteiger partial charge is 0.477 e. The van der Waals surface area contributed by atoms with Crippen LogP contribution in [0.2, 0.25) is 0 Å². The lowest BCUT2D eigenvalue weighted by Gasteiger charge is -2.10. The van der Waals surface area contributed by atoms with Crippen molar-refractivity contribution in [2.75, 3.05) is 6.54 Å². The first-order valence-corrected chi connectivity index (χ1v) is 6.05. The molecular weight excluding hydrogens is 232 g/mol. The minimum absolute atomic E-state index is 0.0929. The van der Waals surface area contributed by atoms with Gasteiger partial charge in [-0.25, -0.2) is 4.79 Å². The second-order valence-corrected chi connectivity index (χ2v) is 5.42. The summed E-state index contributed by atoms with van der Waals surface area (Å²) >= 11 is 0. The van der Waals surface area contributed by atoms with Crippen molar-refractivity contribution < 1.29 is 14.7 Å². The Labute approximate surface area is 106 Å². The molecule has 0 unspecified atom stereocenters. The molecule has 0 aromatic carbocycles. The molecule has 1 fully saturated rings. The van der Waals surface area contributed by atoms with Crippen molar-refractivity contribution in [1.29, 1.82) is 0 Å². The Morgan fingerprint density at radius 2 is 2.00 bits per heavy atom. The predicted octanol–water partition coefficient (Wildman–Crippen LogP) is 1.86. The van der Waals surface area contributed by atoms with Gasteiger partial charge in [-0.2, -0.15) is 0 Å². The smallest absolute Gasteiger partial charge is 0.352 e. The molecule has 0 aliphatic heterocycles. The molecule has 1 amide bonds. The van der Waals surface area contributed by atoms with Crippen LogP contribution in [0.1, 0.15) is 51.9 Å². The topological polar surface area (TPSA) is 82.2 Å². The van der Waals surface area contributed by atoms with Crippen LogP contribution in [0.4, 0.5) is 0 Å². The highest BCUT2D eigenvalue weighted by Crippen LogP contribution is 2.44. The fourth-order valence-electron chi connectivity index (χ4n) is 2.08. The van der Waals surface area contributed by atoms with E-state index in [0.29, 0.717) is 23.4 Å². The van der Waals surface area contributed by atoms with E-state index in [9.17, 15) is 9.59 Å². The standard InChI is InChI=1S/C13H18N2O3/c1-7-9(8(2)15-10(7)12(17)18)11(16)14-6-13(3)4-5-13/h15H,4-6H2,1-3H3,(H,14,16)(H,17,18). The van der Waals surface area contributed by atoms with Gasteiger partial charge in [0.15, 0.2) is 0 Å². The Hall–Kier alpha value is -1.78. The molecule has 0 saturated heterocycles. The van der Waals surface area contributed by atoms with Crippen molar-refractivity contribution in [3.05, 3.63) is 22.5 Å². The van der Waals surface area contributed by atoms with Crippen LogP contribution in [0.5, 0.6) is 0 Å². The highest BCUT2D eigenvalue weighted by molar-refractivity contribution is 6.00. The van der Waals surface area contributed by atoms with E-state index in [2.05, 4.69) is 17.2 Å². The predicted molar refractivity (Wildman–Crippen MR) is 66.9 cm³/mol. The van der Waals surface area contributed by atoms with E-state index in [1.807, 2.05) is 0 Å². The van der Waals surface area contributed by atoms with Gasteiger partial charge in [0.1, 0.15) is 5.69 Å². The number of hydrogen-bond acceptors (Lipinski definition) is 2. The van der Waals surface area contributed by atoms with Gasteiger partial charge in [0.05, 0.1) is 5.56 Å². The van der Waals surface area contributed by atoms with Crippen LogP contribution in [0.3, 0.4) is 0 Å². The minimum Gasteiger partial charge on any atom is -0.477 e. The molecule has 0 spiro atoms. The summed E-state index contributed by atoms with van der Waals surface area (Å²) in [5.41, 5.74) is 1.89. The van der Waals surface area contributed by atoms with Crippen molar-refractivity contribution in [3.63, 3.8) is 0 Å². The number of carbonyl (C=O) groups excluding carboxylic acids is 1. The number of carboxylic acid groups (broad SMARTS) is 1. The fourth-order valence-corrected chi connectivity index (χ4v) is 2.08. The molecule has 1 heterocycles. The van der Waals surface area contributed by atoms with Gasteiger partial charge in [-0.1, -0.05) is 6.92 Å². The molecule has 1 aromatic heterocycles. The van der Waals surface area contributed by atoms with Gasteiger partial charge in [0.25, 0.3) is 5.91 Å². The van der Waals surface area contributed by atoms with Crippen LogP contribution < -0.4 is 5.32 Å². The molecule has 1 aliphatic carbocycles. The Morgan fingerprint density at radius 1 is 1.39 bits per heavy atom. The first-order valence-electron chi connectivity index (χ1n) is 6.05. The molecule has 98 valence electrons. The Kier molecular flexibility index (Phi) is 2.92. The summed E-state index contributed by atoms with van der Waals surface area (Å²) in [5, 5.41) is 11.9. The number of aromatic nitrogens is 1. The van der Waals surface area contributed by atoms with Crippen LogP contribution in [0.15, 0.2) is 0 Å². The van der Waals surface area contributed by atoms with E-state index in [1.54, 1.807) is 13.8 Å². The third-order valence-corrected chi connectivity index (χ3v) is 3.66. The lowest BCUT2D eigenvalue weighted by atomic mass is 10.1. The van der Waals surface area contributed by atoms with Crippen molar-refractivity contribution in [3.8, 4) is 0 Å². The average molecular weight is 250 g/mol. The van der Waals surface area contributed by atoms with Crippen LogP contribution in [-0.4, -0.2) is 28.5 Å². The summed E-state index contributed by atoms with van der Waals surface area (Å²) in [4.78, 5) is 25.8. The number of aryl methyl sites for hydroxylation is 1.